The highest BCUT2D eigenvalue weighted by atomic mass is 35.5. The van der Waals surface area contributed by atoms with Gasteiger partial charge in [0.05, 0.1) is 22.5 Å². The van der Waals surface area contributed by atoms with E-state index in [4.69, 9.17) is 39.5 Å². The zero-order chi connectivity index (χ0) is 17.5. The maximum absolute atomic E-state index is 11.6. The molecule has 0 amide bonds. The van der Waals surface area contributed by atoms with Crippen LogP contribution in [0.2, 0.25) is 5.02 Å². The molecular formula is C14H12Cl3NO3S3. The Morgan fingerprint density at radius 3 is 2.33 bits per heavy atom. The number of hydrogen-bond acceptors (Lipinski definition) is 6. The van der Waals surface area contributed by atoms with Gasteiger partial charge in [0.1, 0.15) is 9.27 Å². The minimum absolute atomic E-state index is 0.0440. The lowest BCUT2D eigenvalue weighted by molar-refractivity contribution is -0.419. The number of rotatable bonds is 3. The van der Waals surface area contributed by atoms with Crippen LogP contribution < -0.4 is 0 Å². The third-order valence-corrected chi connectivity index (χ3v) is 7.19. The Balaban J connectivity index is 2.43. The zero-order valence-electron chi connectivity index (χ0n) is 12.2. The number of nitro groups is 1. The van der Waals surface area contributed by atoms with E-state index >= 15 is 0 Å². The number of ether oxygens (including phenoxy) is 1. The lowest BCUT2D eigenvalue weighted by Crippen LogP contribution is -2.03. The Labute approximate surface area is 167 Å². The van der Waals surface area contributed by atoms with Crippen molar-refractivity contribution in [3.63, 3.8) is 0 Å². The van der Waals surface area contributed by atoms with Gasteiger partial charge >= 0.3 is 5.70 Å². The summed E-state index contributed by atoms with van der Waals surface area (Å²) in [5.74, 6) is 1.17. The molecule has 1 aliphatic rings. The smallest absolute Gasteiger partial charge is 0.310 e. The molecule has 0 spiro atoms. The summed E-state index contributed by atoms with van der Waals surface area (Å²) in [7, 11) is 0. The normalized spacial score (nSPS) is 23.6. The number of benzene rings is 1. The Kier molecular flexibility index (Phi) is 8.63. The average Bonchev–Trinajstić information content (AvgIpc) is 2.57. The molecule has 0 radical (unpaired) electrons. The predicted octanol–water partition coefficient (Wildman–Crippen LogP) is 6.02. The highest BCUT2D eigenvalue weighted by Gasteiger charge is 2.27. The maximum atomic E-state index is 11.6. The predicted molar refractivity (Wildman–Crippen MR) is 106 cm³/mol. The summed E-state index contributed by atoms with van der Waals surface area (Å²) in [5, 5.41) is 12.2. The second-order valence-corrected chi connectivity index (χ2v) is 9.32. The lowest BCUT2D eigenvalue weighted by atomic mass is 10.4. The summed E-state index contributed by atoms with van der Waals surface area (Å²) in [6.07, 6.45) is 0. The Bertz CT molecular complexity index is 665. The van der Waals surface area contributed by atoms with Crippen LogP contribution in [0.4, 0.5) is 0 Å². The topological polar surface area (TPSA) is 52.4 Å². The molecule has 24 heavy (non-hydrogen) atoms. The number of hydrogen-bond donors (Lipinski definition) is 0. The quantitative estimate of drug-likeness (QED) is 0.419. The summed E-state index contributed by atoms with van der Waals surface area (Å²) >= 11 is 22.0. The lowest BCUT2D eigenvalue weighted by Gasteiger charge is -2.09. The molecule has 0 saturated heterocycles. The molecule has 1 aliphatic heterocycles. The molecule has 0 unspecified atom stereocenters. The van der Waals surface area contributed by atoms with Gasteiger partial charge in [0, 0.05) is 21.4 Å². The summed E-state index contributed by atoms with van der Waals surface area (Å²) in [6, 6.07) is 7.06. The molecule has 1 aromatic carbocycles. The average molecular weight is 445 g/mol. The van der Waals surface area contributed by atoms with Crippen LogP contribution in [0.5, 0.6) is 0 Å². The van der Waals surface area contributed by atoms with E-state index in [9.17, 15) is 10.1 Å². The molecule has 0 saturated carbocycles. The largest absolute Gasteiger partial charge is 0.380 e. The van der Waals surface area contributed by atoms with Crippen molar-refractivity contribution in [1.29, 1.82) is 0 Å². The molecular weight excluding hydrogens is 433 g/mol. The molecule has 1 heterocycles. The second-order valence-electron chi connectivity index (χ2n) is 4.35. The van der Waals surface area contributed by atoms with E-state index in [1.165, 1.54) is 35.3 Å². The Morgan fingerprint density at radius 2 is 1.71 bits per heavy atom. The molecule has 4 nitrogen and oxygen atoms in total. The van der Waals surface area contributed by atoms with E-state index in [1.54, 1.807) is 24.3 Å². The summed E-state index contributed by atoms with van der Waals surface area (Å²) in [5.41, 5.74) is -0.180. The molecule has 0 atom stereocenters. The summed E-state index contributed by atoms with van der Waals surface area (Å²) < 4.78 is 6.14. The highest BCUT2D eigenvalue weighted by Crippen LogP contribution is 2.43. The van der Waals surface area contributed by atoms with Crippen LogP contribution in [0.1, 0.15) is 0 Å². The molecule has 0 aliphatic carbocycles. The van der Waals surface area contributed by atoms with E-state index in [0.29, 0.717) is 34.0 Å². The molecule has 0 fully saturated rings. The number of allylic oxidation sites excluding steroid dienone is 1. The van der Waals surface area contributed by atoms with Gasteiger partial charge in [-0.05, 0) is 24.3 Å². The molecule has 2 rings (SSSR count). The minimum Gasteiger partial charge on any atom is -0.380 e. The van der Waals surface area contributed by atoms with Crippen molar-refractivity contribution in [2.45, 2.75) is 4.90 Å². The first-order chi connectivity index (χ1) is 11.5. The van der Waals surface area contributed by atoms with Crippen molar-refractivity contribution in [3.05, 3.63) is 58.7 Å². The third-order valence-electron chi connectivity index (χ3n) is 2.70. The molecule has 10 heteroatoms. The number of nitrogens with zero attached hydrogens (tertiary/aromatic N) is 1. The monoisotopic (exact) mass is 443 g/mol. The Hall–Kier alpha value is -0.0200. The Morgan fingerprint density at radius 1 is 1.08 bits per heavy atom. The molecule has 0 N–H and O–H groups in total. The van der Waals surface area contributed by atoms with Crippen molar-refractivity contribution < 1.29 is 9.66 Å². The fourth-order valence-corrected chi connectivity index (χ4v) is 5.37. The fraction of sp³-hybridized carbons (Fsp3) is 0.286. The molecule has 0 aromatic heterocycles. The van der Waals surface area contributed by atoms with E-state index in [-0.39, 0.29) is 15.1 Å². The van der Waals surface area contributed by atoms with Crippen molar-refractivity contribution >= 4 is 70.1 Å². The SMILES string of the molecule is O=[N+]([O-])C1=C(\Sc2ccc(Cl)cc2)SCCOCCS/C(Cl)=C\1Cl. The van der Waals surface area contributed by atoms with Gasteiger partial charge < -0.3 is 4.74 Å². The fourth-order valence-electron chi connectivity index (χ4n) is 1.64. The summed E-state index contributed by atoms with van der Waals surface area (Å²) in [4.78, 5) is 11.9. The first-order valence-electron chi connectivity index (χ1n) is 6.70. The van der Waals surface area contributed by atoms with Gasteiger partial charge in [-0.1, -0.05) is 46.6 Å². The van der Waals surface area contributed by atoms with Crippen molar-refractivity contribution in [1.82, 2.24) is 0 Å². The van der Waals surface area contributed by atoms with Gasteiger partial charge in [0.2, 0.25) is 0 Å². The molecule has 0 bridgehead atoms. The van der Waals surface area contributed by atoms with Crippen molar-refractivity contribution in [3.8, 4) is 0 Å². The zero-order valence-corrected chi connectivity index (χ0v) is 16.9. The second kappa shape index (κ2) is 10.2. The van der Waals surface area contributed by atoms with Gasteiger partial charge in [-0.2, -0.15) is 0 Å². The van der Waals surface area contributed by atoms with E-state index in [2.05, 4.69) is 0 Å². The highest BCUT2D eigenvalue weighted by molar-refractivity contribution is 8.22. The van der Waals surface area contributed by atoms with Gasteiger partial charge in [0.15, 0.2) is 0 Å². The standard InChI is InChI=1S/C14H12Cl3NO3S3/c15-9-1-3-10(4-2-9)24-14-12(18(19)20)11(16)13(17)22-7-5-21-6-8-23-14/h1-4H,5-8H2/b13-11+,14-12-. The number of halogens is 3. The van der Waals surface area contributed by atoms with Crippen LogP contribution in [0, 0.1) is 10.1 Å². The van der Waals surface area contributed by atoms with E-state index in [1.807, 2.05) is 0 Å². The number of thioether (sulfide) groups is 3. The molecule has 1 aromatic rings. The van der Waals surface area contributed by atoms with Crippen molar-refractivity contribution in [2.24, 2.45) is 0 Å². The van der Waals surface area contributed by atoms with Gasteiger partial charge in [0.25, 0.3) is 0 Å². The van der Waals surface area contributed by atoms with Crippen molar-refractivity contribution in [2.75, 3.05) is 24.7 Å². The third kappa shape index (κ3) is 6.05. The van der Waals surface area contributed by atoms with Gasteiger partial charge in [-0.15, -0.1) is 23.5 Å². The maximum Gasteiger partial charge on any atom is 0.310 e. The van der Waals surface area contributed by atoms with Gasteiger partial charge in [-0.25, -0.2) is 0 Å². The first kappa shape index (κ1) is 20.3. The van der Waals surface area contributed by atoms with Crippen LogP contribution in [0.3, 0.4) is 0 Å². The van der Waals surface area contributed by atoms with Crippen LogP contribution in [0.15, 0.2) is 48.5 Å². The summed E-state index contributed by atoms with van der Waals surface area (Å²) in [6.45, 7) is 1.01. The van der Waals surface area contributed by atoms with Gasteiger partial charge in [-0.3, -0.25) is 10.1 Å². The minimum atomic E-state index is -0.491. The van der Waals surface area contributed by atoms with Crippen LogP contribution in [-0.4, -0.2) is 29.6 Å². The van der Waals surface area contributed by atoms with E-state index < -0.39 is 4.92 Å². The van der Waals surface area contributed by atoms with E-state index in [0.717, 1.165) is 4.90 Å². The first-order valence-corrected chi connectivity index (χ1v) is 10.6. The van der Waals surface area contributed by atoms with Crippen LogP contribution in [-0.2, 0) is 4.74 Å². The molecule has 130 valence electrons. The van der Waals surface area contributed by atoms with Crippen LogP contribution >= 0.6 is 70.1 Å². The van der Waals surface area contributed by atoms with Crippen LogP contribution in [0.25, 0.3) is 0 Å².